The van der Waals surface area contributed by atoms with Gasteiger partial charge in [0.2, 0.25) is 5.91 Å². The molecular formula is C18H33NO3. The van der Waals surface area contributed by atoms with Gasteiger partial charge in [0, 0.05) is 19.5 Å². The molecule has 1 amide bonds. The number of carbonyl (C=O) groups excluding carboxylic acids is 1. The van der Waals surface area contributed by atoms with Crippen LogP contribution in [0.3, 0.4) is 0 Å². The van der Waals surface area contributed by atoms with Gasteiger partial charge in [0.25, 0.3) is 0 Å². The molecule has 1 unspecified atom stereocenters. The van der Waals surface area contributed by atoms with E-state index in [0.29, 0.717) is 19.5 Å². The number of amides is 1. The minimum absolute atomic E-state index is 0.0486. The Morgan fingerprint density at radius 2 is 1.59 bits per heavy atom. The Hall–Kier alpha value is -1.32. The molecular weight excluding hydrogens is 278 g/mol. The molecule has 0 aromatic heterocycles. The third-order valence-electron chi connectivity index (χ3n) is 3.95. The van der Waals surface area contributed by atoms with E-state index >= 15 is 0 Å². The molecule has 0 aromatic rings. The number of aliphatic carboxylic acids is 1. The highest BCUT2D eigenvalue weighted by atomic mass is 16.4. The fourth-order valence-electron chi connectivity index (χ4n) is 2.46. The van der Waals surface area contributed by atoms with Crippen LogP contribution in [0.2, 0.25) is 0 Å². The number of unbranched alkanes of at least 4 members (excludes halogenated alkanes) is 4. The Kier molecular flexibility index (Phi) is 12.5. The topological polar surface area (TPSA) is 57.6 Å². The maximum Gasteiger partial charge on any atom is 0.307 e. The number of rotatable bonds is 13. The molecule has 0 aliphatic heterocycles. The normalized spacial score (nSPS) is 12.5. The van der Waals surface area contributed by atoms with E-state index in [1.807, 2.05) is 13.8 Å². The Balaban J connectivity index is 4.05. The molecule has 0 radical (unpaired) electrons. The summed E-state index contributed by atoms with van der Waals surface area (Å²) >= 11 is 0. The molecule has 0 aliphatic rings. The number of carboxylic acids is 1. The minimum atomic E-state index is -0.854. The molecule has 0 bridgehead atoms. The Bertz CT molecular complexity index is 335. The van der Waals surface area contributed by atoms with Crippen molar-refractivity contribution < 1.29 is 14.7 Å². The summed E-state index contributed by atoms with van der Waals surface area (Å²) < 4.78 is 0. The fraction of sp³-hybridized carbons (Fsp3) is 0.778. The highest BCUT2D eigenvalue weighted by molar-refractivity contribution is 5.82. The fourth-order valence-corrected chi connectivity index (χ4v) is 2.46. The van der Waals surface area contributed by atoms with E-state index in [1.54, 1.807) is 4.90 Å². The molecule has 0 saturated heterocycles. The molecule has 1 N–H and O–H groups in total. The first-order valence-electron chi connectivity index (χ1n) is 8.72. The standard InChI is InChI=1S/C18H33NO3/c1-4-7-8-9-10-11-12-13-14-16(18(21)22)15-17(20)19(5-2)6-3/h10-11,16H,4-9,12-15H2,1-3H3,(H,21,22)/b11-10+. The van der Waals surface area contributed by atoms with Gasteiger partial charge in [-0.1, -0.05) is 31.9 Å². The lowest BCUT2D eigenvalue weighted by molar-refractivity contribution is -0.146. The van der Waals surface area contributed by atoms with Gasteiger partial charge >= 0.3 is 5.97 Å². The summed E-state index contributed by atoms with van der Waals surface area (Å²) in [6.45, 7) is 7.31. The molecule has 0 rings (SSSR count). The van der Waals surface area contributed by atoms with Crippen molar-refractivity contribution in [2.45, 2.75) is 72.1 Å². The zero-order valence-electron chi connectivity index (χ0n) is 14.5. The maximum atomic E-state index is 12.0. The monoisotopic (exact) mass is 311 g/mol. The molecule has 0 aromatic carbocycles. The summed E-state index contributed by atoms with van der Waals surface area (Å²) in [7, 11) is 0. The summed E-state index contributed by atoms with van der Waals surface area (Å²) in [5.74, 6) is -1.46. The third-order valence-corrected chi connectivity index (χ3v) is 3.95. The average Bonchev–Trinajstić information content (AvgIpc) is 2.49. The predicted octanol–water partition coefficient (Wildman–Crippen LogP) is 4.25. The number of hydrogen-bond donors (Lipinski definition) is 1. The van der Waals surface area contributed by atoms with E-state index in [1.165, 1.54) is 19.3 Å². The third kappa shape index (κ3) is 9.59. The molecule has 0 heterocycles. The van der Waals surface area contributed by atoms with Crippen LogP contribution < -0.4 is 0 Å². The Labute approximate surface area is 135 Å². The summed E-state index contributed by atoms with van der Waals surface area (Å²) in [6, 6.07) is 0. The summed E-state index contributed by atoms with van der Waals surface area (Å²) in [6.07, 6.45) is 11.6. The Morgan fingerprint density at radius 1 is 1.00 bits per heavy atom. The van der Waals surface area contributed by atoms with Crippen LogP contribution in [0.25, 0.3) is 0 Å². The van der Waals surface area contributed by atoms with Crippen molar-refractivity contribution in [3.8, 4) is 0 Å². The lowest BCUT2D eigenvalue weighted by Gasteiger charge is -2.20. The van der Waals surface area contributed by atoms with Gasteiger partial charge in [0.05, 0.1) is 5.92 Å². The van der Waals surface area contributed by atoms with Gasteiger partial charge < -0.3 is 10.0 Å². The van der Waals surface area contributed by atoms with Gasteiger partial charge in [-0.2, -0.15) is 0 Å². The molecule has 0 saturated carbocycles. The number of hydrogen-bond acceptors (Lipinski definition) is 2. The van der Waals surface area contributed by atoms with E-state index in [0.717, 1.165) is 19.3 Å². The smallest absolute Gasteiger partial charge is 0.307 e. The zero-order valence-corrected chi connectivity index (χ0v) is 14.5. The predicted molar refractivity (Wildman–Crippen MR) is 90.8 cm³/mol. The van der Waals surface area contributed by atoms with E-state index in [-0.39, 0.29) is 12.3 Å². The second-order valence-electron chi connectivity index (χ2n) is 5.70. The molecule has 4 nitrogen and oxygen atoms in total. The van der Waals surface area contributed by atoms with E-state index in [4.69, 9.17) is 0 Å². The van der Waals surface area contributed by atoms with Gasteiger partial charge in [-0.25, -0.2) is 0 Å². The second-order valence-corrected chi connectivity index (χ2v) is 5.70. The van der Waals surface area contributed by atoms with Crippen LogP contribution in [-0.4, -0.2) is 35.0 Å². The first kappa shape index (κ1) is 20.7. The van der Waals surface area contributed by atoms with Crippen LogP contribution in [0.4, 0.5) is 0 Å². The maximum absolute atomic E-state index is 12.0. The highest BCUT2D eigenvalue weighted by Gasteiger charge is 2.22. The van der Waals surface area contributed by atoms with E-state index in [2.05, 4.69) is 19.1 Å². The number of allylic oxidation sites excluding steroid dienone is 2. The van der Waals surface area contributed by atoms with Crippen molar-refractivity contribution >= 4 is 11.9 Å². The molecule has 0 spiro atoms. The van der Waals surface area contributed by atoms with Crippen molar-refractivity contribution in [3.05, 3.63) is 12.2 Å². The quantitative estimate of drug-likeness (QED) is 0.408. The van der Waals surface area contributed by atoms with Crippen molar-refractivity contribution in [2.24, 2.45) is 5.92 Å². The number of carboxylic acid groups (broad SMARTS) is 1. The number of nitrogens with zero attached hydrogens (tertiary/aromatic N) is 1. The first-order chi connectivity index (χ1) is 10.6. The van der Waals surface area contributed by atoms with Gasteiger partial charge in [0.1, 0.15) is 0 Å². The molecule has 0 fully saturated rings. The van der Waals surface area contributed by atoms with E-state index in [9.17, 15) is 14.7 Å². The summed E-state index contributed by atoms with van der Waals surface area (Å²) in [5.41, 5.74) is 0. The lowest BCUT2D eigenvalue weighted by Crippen LogP contribution is -2.33. The van der Waals surface area contributed by atoms with Gasteiger partial charge in [-0.3, -0.25) is 9.59 Å². The van der Waals surface area contributed by atoms with Crippen molar-refractivity contribution in [3.63, 3.8) is 0 Å². The van der Waals surface area contributed by atoms with Crippen LogP contribution >= 0.6 is 0 Å². The van der Waals surface area contributed by atoms with Crippen molar-refractivity contribution in [2.75, 3.05) is 13.1 Å². The van der Waals surface area contributed by atoms with Crippen LogP contribution in [0.15, 0.2) is 12.2 Å². The molecule has 22 heavy (non-hydrogen) atoms. The van der Waals surface area contributed by atoms with Gasteiger partial charge in [-0.05, 0) is 46.0 Å². The lowest BCUT2D eigenvalue weighted by atomic mass is 9.97. The SMILES string of the molecule is CCCCC/C=C/CCCC(CC(=O)N(CC)CC)C(=O)O. The van der Waals surface area contributed by atoms with Crippen molar-refractivity contribution in [1.82, 2.24) is 4.90 Å². The van der Waals surface area contributed by atoms with Crippen LogP contribution in [0, 0.1) is 5.92 Å². The summed E-state index contributed by atoms with van der Waals surface area (Å²) in [5, 5.41) is 9.26. The number of carbonyl (C=O) groups is 2. The molecule has 128 valence electrons. The van der Waals surface area contributed by atoms with Crippen molar-refractivity contribution in [1.29, 1.82) is 0 Å². The van der Waals surface area contributed by atoms with Gasteiger partial charge in [0.15, 0.2) is 0 Å². The van der Waals surface area contributed by atoms with Crippen LogP contribution in [0.5, 0.6) is 0 Å². The largest absolute Gasteiger partial charge is 0.481 e. The average molecular weight is 311 g/mol. The van der Waals surface area contributed by atoms with Gasteiger partial charge in [-0.15, -0.1) is 0 Å². The molecule has 4 heteroatoms. The zero-order chi connectivity index (χ0) is 16.8. The van der Waals surface area contributed by atoms with E-state index < -0.39 is 11.9 Å². The minimum Gasteiger partial charge on any atom is -0.481 e. The second kappa shape index (κ2) is 13.4. The van der Waals surface area contributed by atoms with Crippen LogP contribution in [-0.2, 0) is 9.59 Å². The molecule has 0 aliphatic carbocycles. The first-order valence-corrected chi connectivity index (χ1v) is 8.72. The van der Waals surface area contributed by atoms with Crippen LogP contribution in [0.1, 0.15) is 72.1 Å². The Morgan fingerprint density at radius 3 is 2.09 bits per heavy atom. The summed E-state index contributed by atoms with van der Waals surface area (Å²) in [4.78, 5) is 25.0. The highest BCUT2D eigenvalue weighted by Crippen LogP contribution is 2.15. The molecule has 1 atom stereocenters.